The van der Waals surface area contributed by atoms with E-state index in [2.05, 4.69) is 5.43 Å². The lowest BCUT2D eigenvalue weighted by Gasteiger charge is -2.20. The first-order chi connectivity index (χ1) is 9.58. The third-order valence-electron chi connectivity index (χ3n) is 3.25. The van der Waals surface area contributed by atoms with Crippen LogP contribution < -0.4 is 16.0 Å². The quantitative estimate of drug-likeness (QED) is 0.671. The molecule has 3 N–H and O–H groups in total. The average Bonchev–Trinajstić information content (AvgIpc) is 2.45. The van der Waals surface area contributed by atoms with Gasteiger partial charge in [0, 0.05) is 5.56 Å². The maximum atomic E-state index is 14.1. The van der Waals surface area contributed by atoms with Crippen LogP contribution in [0.25, 0.3) is 0 Å². The minimum Gasteiger partial charge on any atom is -0.497 e. The molecule has 0 saturated heterocycles. The number of hydrogen-bond acceptors (Lipinski definition) is 3. The van der Waals surface area contributed by atoms with Crippen LogP contribution in [0, 0.1) is 12.7 Å². The zero-order chi connectivity index (χ0) is 14.7. The summed E-state index contributed by atoms with van der Waals surface area (Å²) >= 11 is 5.83. The molecule has 0 saturated carbocycles. The van der Waals surface area contributed by atoms with Gasteiger partial charge in [-0.2, -0.15) is 0 Å². The molecule has 0 aliphatic heterocycles. The zero-order valence-corrected chi connectivity index (χ0v) is 12.0. The van der Waals surface area contributed by atoms with Gasteiger partial charge in [0.25, 0.3) is 0 Å². The summed E-state index contributed by atoms with van der Waals surface area (Å²) in [5.74, 6) is 5.88. The standard InChI is InChI=1S/C15H16ClFN2O/c1-9-8-10(20-2)6-7-11(9)15(19-18)12-4-3-5-13(16)14(12)17/h3-8,15,19H,18H2,1-2H3. The second kappa shape index (κ2) is 6.22. The molecule has 0 heterocycles. The van der Waals surface area contributed by atoms with E-state index in [-0.39, 0.29) is 5.02 Å². The predicted molar refractivity (Wildman–Crippen MR) is 78.3 cm³/mol. The second-order valence-corrected chi connectivity index (χ2v) is 4.87. The first-order valence-electron chi connectivity index (χ1n) is 6.13. The van der Waals surface area contributed by atoms with Gasteiger partial charge < -0.3 is 4.74 Å². The highest BCUT2D eigenvalue weighted by molar-refractivity contribution is 6.30. The summed E-state index contributed by atoms with van der Waals surface area (Å²) in [4.78, 5) is 0. The van der Waals surface area contributed by atoms with Crippen molar-refractivity contribution in [1.29, 1.82) is 0 Å². The maximum Gasteiger partial charge on any atom is 0.146 e. The monoisotopic (exact) mass is 294 g/mol. The number of hydrogen-bond donors (Lipinski definition) is 2. The maximum absolute atomic E-state index is 14.1. The largest absolute Gasteiger partial charge is 0.497 e. The van der Waals surface area contributed by atoms with Crippen molar-refractivity contribution in [2.75, 3.05) is 7.11 Å². The summed E-state index contributed by atoms with van der Waals surface area (Å²) in [5.41, 5.74) is 4.87. The number of halogens is 2. The number of ether oxygens (including phenoxy) is 1. The van der Waals surface area contributed by atoms with E-state index in [1.165, 1.54) is 6.07 Å². The van der Waals surface area contributed by atoms with Crippen molar-refractivity contribution in [3.8, 4) is 5.75 Å². The van der Waals surface area contributed by atoms with E-state index >= 15 is 0 Å². The molecule has 2 rings (SSSR count). The van der Waals surface area contributed by atoms with E-state index in [4.69, 9.17) is 22.2 Å². The third-order valence-corrected chi connectivity index (χ3v) is 3.54. The Bertz CT molecular complexity index is 619. The number of methoxy groups -OCH3 is 1. The Kier molecular flexibility index (Phi) is 4.60. The van der Waals surface area contributed by atoms with Gasteiger partial charge in [-0.25, -0.2) is 9.82 Å². The van der Waals surface area contributed by atoms with E-state index in [0.717, 1.165) is 16.9 Å². The van der Waals surface area contributed by atoms with Crippen molar-refractivity contribution in [2.45, 2.75) is 13.0 Å². The normalized spacial score (nSPS) is 12.2. The van der Waals surface area contributed by atoms with Gasteiger partial charge in [-0.05, 0) is 36.2 Å². The number of benzene rings is 2. The summed E-state index contributed by atoms with van der Waals surface area (Å²) < 4.78 is 19.3. The van der Waals surface area contributed by atoms with E-state index < -0.39 is 11.9 Å². The van der Waals surface area contributed by atoms with Crippen molar-refractivity contribution in [3.05, 3.63) is 63.9 Å². The SMILES string of the molecule is COc1ccc(C(NN)c2cccc(Cl)c2F)c(C)c1. The van der Waals surface area contributed by atoms with Gasteiger partial charge in [-0.1, -0.05) is 29.8 Å². The first kappa shape index (κ1) is 14.8. The fourth-order valence-electron chi connectivity index (χ4n) is 2.19. The Morgan fingerprint density at radius 2 is 2.00 bits per heavy atom. The lowest BCUT2D eigenvalue weighted by atomic mass is 9.95. The van der Waals surface area contributed by atoms with Crippen LogP contribution in [0.3, 0.4) is 0 Å². The van der Waals surface area contributed by atoms with E-state index in [1.54, 1.807) is 19.2 Å². The molecule has 1 atom stereocenters. The highest BCUT2D eigenvalue weighted by Crippen LogP contribution is 2.30. The highest BCUT2D eigenvalue weighted by atomic mass is 35.5. The lowest BCUT2D eigenvalue weighted by molar-refractivity contribution is 0.414. The molecule has 106 valence electrons. The summed E-state index contributed by atoms with van der Waals surface area (Å²) in [6.45, 7) is 1.92. The van der Waals surface area contributed by atoms with Crippen LogP contribution in [0.15, 0.2) is 36.4 Å². The van der Waals surface area contributed by atoms with Crippen LogP contribution in [-0.2, 0) is 0 Å². The van der Waals surface area contributed by atoms with E-state index in [0.29, 0.717) is 5.56 Å². The molecule has 20 heavy (non-hydrogen) atoms. The minimum absolute atomic E-state index is 0.0777. The van der Waals surface area contributed by atoms with Crippen molar-refractivity contribution in [3.63, 3.8) is 0 Å². The fraction of sp³-hybridized carbons (Fsp3) is 0.200. The molecule has 2 aromatic carbocycles. The third kappa shape index (κ3) is 2.77. The van der Waals surface area contributed by atoms with Crippen molar-refractivity contribution in [2.24, 2.45) is 5.84 Å². The van der Waals surface area contributed by atoms with Crippen LogP contribution in [-0.4, -0.2) is 7.11 Å². The molecule has 1 unspecified atom stereocenters. The van der Waals surface area contributed by atoms with Gasteiger partial charge in [0.05, 0.1) is 18.2 Å². The summed E-state index contributed by atoms with van der Waals surface area (Å²) in [6.07, 6.45) is 0. The molecule has 0 aliphatic rings. The second-order valence-electron chi connectivity index (χ2n) is 4.47. The number of nitrogens with one attached hydrogen (secondary N) is 1. The molecule has 0 amide bonds. The topological polar surface area (TPSA) is 47.3 Å². The summed E-state index contributed by atoms with van der Waals surface area (Å²) in [5, 5.41) is 0.0777. The smallest absolute Gasteiger partial charge is 0.146 e. The van der Waals surface area contributed by atoms with Crippen LogP contribution in [0.4, 0.5) is 4.39 Å². The number of nitrogens with two attached hydrogens (primary N) is 1. The molecule has 0 aliphatic carbocycles. The lowest BCUT2D eigenvalue weighted by Crippen LogP contribution is -2.30. The number of hydrazine groups is 1. The molecule has 5 heteroatoms. The Hall–Kier alpha value is -1.62. The van der Waals surface area contributed by atoms with Gasteiger partial charge in [0.1, 0.15) is 11.6 Å². The molecular formula is C15H16ClFN2O. The molecular weight excluding hydrogens is 279 g/mol. The van der Waals surface area contributed by atoms with Crippen LogP contribution in [0.2, 0.25) is 5.02 Å². The number of aryl methyl sites for hydroxylation is 1. The minimum atomic E-state index is -0.473. The molecule has 0 spiro atoms. The van der Waals surface area contributed by atoms with Gasteiger partial charge in [-0.15, -0.1) is 0 Å². The van der Waals surface area contributed by atoms with Crippen molar-refractivity contribution < 1.29 is 9.13 Å². The predicted octanol–water partition coefficient (Wildman–Crippen LogP) is 3.35. The van der Waals surface area contributed by atoms with Crippen LogP contribution in [0.5, 0.6) is 5.75 Å². The Labute approximate surface area is 122 Å². The van der Waals surface area contributed by atoms with Gasteiger partial charge in [0.2, 0.25) is 0 Å². The first-order valence-corrected chi connectivity index (χ1v) is 6.51. The van der Waals surface area contributed by atoms with Crippen LogP contribution in [0.1, 0.15) is 22.7 Å². The highest BCUT2D eigenvalue weighted by Gasteiger charge is 2.20. The zero-order valence-electron chi connectivity index (χ0n) is 11.3. The molecule has 2 aromatic rings. The molecule has 3 nitrogen and oxygen atoms in total. The molecule has 0 fully saturated rings. The van der Waals surface area contributed by atoms with E-state index in [9.17, 15) is 4.39 Å². The molecule has 0 bridgehead atoms. The summed E-state index contributed by atoms with van der Waals surface area (Å²) in [6, 6.07) is 9.95. The Morgan fingerprint density at radius 3 is 2.60 bits per heavy atom. The fourth-order valence-corrected chi connectivity index (χ4v) is 2.37. The van der Waals surface area contributed by atoms with E-state index in [1.807, 2.05) is 25.1 Å². The average molecular weight is 295 g/mol. The van der Waals surface area contributed by atoms with Crippen molar-refractivity contribution in [1.82, 2.24) is 5.43 Å². The van der Waals surface area contributed by atoms with Gasteiger partial charge in [-0.3, -0.25) is 5.84 Å². The molecule has 0 aromatic heterocycles. The molecule has 0 radical (unpaired) electrons. The Balaban J connectivity index is 2.50. The summed E-state index contributed by atoms with van der Waals surface area (Å²) in [7, 11) is 1.60. The van der Waals surface area contributed by atoms with Crippen molar-refractivity contribution >= 4 is 11.6 Å². The van der Waals surface area contributed by atoms with Crippen LogP contribution >= 0.6 is 11.6 Å². The number of rotatable bonds is 4. The Morgan fingerprint density at radius 1 is 1.25 bits per heavy atom. The van der Waals surface area contributed by atoms with Gasteiger partial charge >= 0.3 is 0 Å². The van der Waals surface area contributed by atoms with Gasteiger partial charge in [0.15, 0.2) is 0 Å².